The van der Waals surface area contributed by atoms with Crippen LogP contribution < -0.4 is 10.1 Å². The zero-order chi connectivity index (χ0) is 27.7. The van der Waals surface area contributed by atoms with Crippen molar-refractivity contribution in [2.24, 2.45) is 0 Å². The van der Waals surface area contributed by atoms with E-state index in [1.807, 2.05) is 122 Å². The number of aromatic nitrogens is 1. The van der Waals surface area contributed by atoms with Crippen LogP contribution in [0.15, 0.2) is 120 Å². The van der Waals surface area contributed by atoms with E-state index in [1.165, 1.54) is 11.8 Å². The second-order valence-corrected chi connectivity index (χ2v) is 9.88. The van der Waals surface area contributed by atoms with Gasteiger partial charge >= 0.3 is 0 Å². The van der Waals surface area contributed by atoms with E-state index in [9.17, 15) is 10.1 Å². The fourth-order valence-electron chi connectivity index (χ4n) is 4.40. The van der Waals surface area contributed by atoms with Gasteiger partial charge in [-0.2, -0.15) is 5.26 Å². The molecule has 1 aromatic heterocycles. The molecule has 5 aromatic rings. The van der Waals surface area contributed by atoms with E-state index in [2.05, 4.69) is 11.4 Å². The van der Waals surface area contributed by atoms with Crippen LogP contribution in [0.3, 0.4) is 0 Å². The summed E-state index contributed by atoms with van der Waals surface area (Å²) < 4.78 is 5.59. The molecule has 40 heavy (non-hydrogen) atoms. The maximum atomic E-state index is 13.1. The van der Waals surface area contributed by atoms with Crippen LogP contribution in [0.2, 0.25) is 0 Å². The zero-order valence-electron chi connectivity index (χ0n) is 22.0. The van der Waals surface area contributed by atoms with Gasteiger partial charge in [-0.3, -0.25) is 4.79 Å². The monoisotopic (exact) mass is 541 g/mol. The topological polar surface area (TPSA) is 75.0 Å². The molecule has 0 unspecified atom stereocenters. The van der Waals surface area contributed by atoms with Gasteiger partial charge in [-0.1, -0.05) is 90.6 Å². The number of nitriles is 1. The molecule has 196 valence electrons. The van der Waals surface area contributed by atoms with E-state index in [0.717, 1.165) is 44.9 Å². The summed E-state index contributed by atoms with van der Waals surface area (Å²) in [5.41, 5.74) is 6.46. The molecule has 1 amide bonds. The highest BCUT2D eigenvalue weighted by Crippen LogP contribution is 2.35. The first-order chi connectivity index (χ1) is 19.7. The van der Waals surface area contributed by atoms with Gasteiger partial charge in [0.05, 0.1) is 23.6 Å². The highest BCUT2D eigenvalue weighted by Gasteiger charge is 2.18. The average Bonchev–Trinajstić information content (AvgIpc) is 3.01. The number of thioether (sulfide) groups is 1. The molecular weight excluding hydrogens is 514 g/mol. The van der Waals surface area contributed by atoms with Crippen LogP contribution in [0.4, 0.5) is 5.69 Å². The van der Waals surface area contributed by atoms with Crippen LogP contribution in [0.25, 0.3) is 33.5 Å². The Bertz CT molecular complexity index is 1650. The smallest absolute Gasteiger partial charge is 0.234 e. The lowest BCUT2D eigenvalue weighted by molar-refractivity contribution is -0.113. The first-order valence-corrected chi connectivity index (χ1v) is 14.0. The Labute approximate surface area is 238 Å². The number of anilines is 1. The van der Waals surface area contributed by atoms with Crippen molar-refractivity contribution in [3.63, 3.8) is 0 Å². The molecule has 0 radical (unpaired) electrons. The van der Waals surface area contributed by atoms with Gasteiger partial charge in [0.15, 0.2) is 0 Å². The number of carbonyl (C=O) groups is 1. The molecule has 5 rings (SSSR count). The van der Waals surface area contributed by atoms with E-state index in [1.54, 1.807) is 0 Å². The molecule has 0 aliphatic rings. The van der Waals surface area contributed by atoms with Crippen LogP contribution >= 0.6 is 11.8 Å². The number of para-hydroxylation sites is 1. The Morgan fingerprint density at radius 2 is 1.45 bits per heavy atom. The number of amides is 1. The van der Waals surface area contributed by atoms with Gasteiger partial charge in [-0.25, -0.2) is 4.98 Å². The Morgan fingerprint density at radius 3 is 2.10 bits per heavy atom. The molecule has 0 aliphatic heterocycles. The summed E-state index contributed by atoms with van der Waals surface area (Å²) in [6.45, 7) is 2.54. The minimum absolute atomic E-state index is 0.103. The van der Waals surface area contributed by atoms with Crippen LogP contribution in [-0.4, -0.2) is 23.3 Å². The number of nitrogens with zero attached hydrogens (tertiary/aromatic N) is 2. The van der Waals surface area contributed by atoms with Crippen molar-refractivity contribution in [2.45, 2.75) is 11.9 Å². The van der Waals surface area contributed by atoms with E-state index >= 15 is 0 Å². The van der Waals surface area contributed by atoms with Crippen molar-refractivity contribution in [3.8, 4) is 45.3 Å². The molecule has 0 aliphatic carbocycles. The fourth-order valence-corrected chi connectivity index (χ4v) is 5.20. The predicted octanol–water partition coefficient (Wildman–Crippen LogP) is 8.08. The maximum Gasteiger partial charge on any atom is 0.234 e. The van der Waals surface area contributed by atoms with Crippen molar-refractivity contribution < 1.29 is 9.53 Å². The Hall–Kier alpha value is -4.86. The van der Waals surface area contributed by atoms with Crippen LogP contribution in [0.5, 0.6) is 5.75 Å². The van der Waals surface area contributed by atoms with Gasteiger partial charge in [0.2, 0.25) is 5.91 Å². The summed E-state index contributed by atoms with van der Waals surface area (Å²) >= 11 is 1.26. The minimum Gasteiger partial charge on any atom is -0.494 e. The Balaban J connectivity index is 1.44. The minimum atomic E-state index is -0.174. The lowest BCUT2D eigenvalue weighted by Crippen LogP contribution is -2.15. The van der Waals surface area contributed by atoms with E-state index < -0.39 is 0 Å². The van der Waals surface area contributed by atoms with Gasteiger partial charge in [-0.15, -0.1) is 0 Å². The molecule has 0 fully saturated rings. The molecule has 5 nitrogen and oxygen atoms in total. The summed E-state index contributed by atoms with van der Waals surface area (Å²) in [5.74, 6) is 0.711. The SMILES string of the molecule is CCOc1ccc(-c2cc(-c3ccccc3)c(C#N)c(SCC(=O)Nc3ccccc3-c3ccccc3)n2)cc1. The van der Waals surface area contributed by atoms with Crippen molar-refractivity contribution >= 4 is 23.4 Å². The molecule has 0 bridgehead atoms. The standard InChI is InChI=1S/C34H27N3O2S/c1-2-39-27-19-17-26(18-20-27)32-21-29(25-13-7-4-8-14-25)30(22-35)34(37-32)40-23-33(38)36-31-16-10-9-15-28(31)24-11-5-3-6-12-24/h3-21H,2,23H2,1H3,(H,36,38). The highest BCUT2D eigenvalue weighted by atomic mass is 32.2. The third-order valence-electron chi connectivity index (χ3n) is 6.27. The van der Waals surface area contributed by atoms with Crippen molar-refractivity contribution in [2.75, 3.05) is 17.7 Å². The molecule has 1 N–H and O–H groups in total. The molecule has 6 heteroatoms. The summed E-state index contributed by atoms with van der Waals surface area (Å²) in [5, 5.41) is 13.7. The van der Waals surface area contributed by atoms with Gasteiger partial charge in [-0.05, 0) is 54.4 Å². The molecule has 1 heterocycles. The largest absolute Gasteiger partial charge is 0.494 e. The van der Waals surface area contributed by atoms with E-state index in [4.69, 9.17) is 9.72 Å². The zero-order valence-corrected chi connectivity index (χ0v) is 22.8. The molecule has 0 spiro atoms. The van der Waals surface area contributed by atoms with Gasteiger partial charge < -0.3 is 10.1 Å². The highest BCUT2D eigenvalue weighted by molar-refractivity contribution is 8.00. The average molecular weight is 542 g/mol. The van der Waals surface area contributed by atoms with Crippen LogP contribution in [0.1, 0.15) is 12.5 Å². The molecule has 0 atom stereocenters. The van der Waals surface area contributed by atoms with Crippen LogP contribution in [-0.2, 0) is 4.79 Å². The first kappa shape index (κ1) is 26.7. The summed E-state index contributed by atoms with van der Waals surface area (Å²) in [7, 11) is 0. The molecule has 0 saturated carbocycles. The lowest BCUT2D eigenvalue weighted by atomic mass is 9.99. The summed E-state index contributed by atoms with van der Waals surface area (Å²) in [6, 6.07) is 39.4. The van der Waals surface area contributed by atoms with Gasteiger partial charge in [0.25, 0.3) is 0 Å². The van der Waals surface area contributed by atoms with Gasteiger partial charge in [0.1, 0.15) is 16.8 Å². The Kier molecular flexibility index (Phi) is 8.55. The number of benzene rings is 4. The van der Waals surface area contributed by atoms with Crippen LogP contribution in [0, 0.1) is 11.3 Å². The number of carbonyl (C=O) groups excluding carboxylic acids is 1. The van der Waals surface area contributed by atoms with E-state index in [0.29, 0.717) is 17.2 Å². The van der Waals surface area contributed by atoms with Crippen molar-refractivity contribution in [1.29, 1.82) is 5.26 Å². The number of rotatable bonds is 9. The summed E-state index contributed by atoms with van der Waals surface area (Å²) in [6.07, 6.45) is 0. The second-order valence-electron chi connectivity index (χ2n) is 8.92. The first-order valence-electron chi connectivity index (χ1n) is 13.0. The fraction of sp³-hybridized carbons (Fsp3) is 0.0882. The number of hydrogen-bond donors (Lipinski definition) is 1. The Morgan fingerprint density at radius 1 is 0.825 bits per heavy atom. The number of nitrogens with one attached hydrogen (secondary N) is 1. The number of ether oxygens (including phenoxy) is 1. The second kappa shape index (κ2) is 12.8. The van der Waals surface area contributed by atoms with E-state index in [-0.39, 0.29) is 11.7 Å². The lowest BCUT2D eigenvalue weighted by Gasteiger charge is -2.14. The van der Waals surface area contributed by atoms with Gasteiger partial charge in [0, 0.05) is 22.4 Å². The van der Waals surface area contributed by atoms with Crippen molar-refractivity contribution in [3.05, 3.63) is 121 Å². The normalized spacial score (nSPS) is 10.5. The number of hydrogen-bond acceptors (Lipinski definition) is 5. The molecule has 0 saturated heterocycles. The quantitative estimate of drug-likeness (QED) is 0.191. The molecule has 4 aromatic carbocycles. The number of pyridine rings is 1. The summed E-state index contributed by atoms with van der Waals surface area (Å²) in [4.78, 5) is 18.0. The predicted molar refractivity (Wildman–Crippen MR) is 162 cm³/mol. The third kappa shape index (κ3) is 6.23. The maximum absolute atomic E-state index is 13.1. The van der Waals surface area contributed by atoms with Crippen molar-refractivity contribution in [1.82, 2.24) is 4.98 Å². The molecular formula is C34H27N3O2S. The third-order valence-corrected chi connectivity index (χ3v) is 7.25.